The number of nitrogens with zero attached hydrogens (tertiary/aromatic N) is 1. The van der Waals surface area contributed by atoms with E-state index in [4.69, 9.17) is 0 Å². The molecule has 23 heavy (non-hydrogen) atoms. The number of pyridine rings is 1. The van der Waals surface area contributed by atoms with Crippen molar-refractivity contribution < 1.29 is 8.78 Å². The maximum Gasteiger partial charge on any atom is 0.135 e. The Bertz CT molecular complexity index is 715. The third kappa shape index (κ3) is 2.77. The smallest absolute Gasteiger partial charge is 0.135 e. The Morgan fingerprint density at radius 2 is 1.74 bits per heavy atom. The molecule has 1 aliphatic carbocycles. The lowest BCUT2D eigenvalue weighted by Gasteiger charge is -2.42. The second kappa shape index (κ2) is 5.70. The van der Waals surface area contributed by atoms with Crippen LogP contribution in [0.3, 0.4) is 0 Å². The van der Waals surface area contributed by atoms with E-state index in [1.165, 1.54) is 37.8 Å². The van der Waals surface area contributed by atoms with Crippen LogP contribution in [0.4, 0.5) is 8.78 Å². The highest BCUT2D eigenvalue weighted by Gasteiger charge is 2.43. The van der Waals surface area contributed by atoms with Crippen LogP contribution in [0.15, 0.2) is 36.5 Å². The molecule has 1 nitrogen and oxygen atoms in total. The molecule has 1 aromatic heterocycles. The van der Waals surface area contributed by atoms with Gasteiger partial charge in [0.2, 0.25) is 0 Å². The van der Waals surface area contributed by atoms with Crippen LogP contribution in [0.2, 0.25) is 0 Å². The van der Waals surface area contributed by atoms with E-state index in [-0.39, 0.29) is 10.8 Å². The molecule has 0 unspecified atom stereocenters. The Hall–Kier alpha value is -1.77. The van der Waals surface area contributed by atoms with Crippen molar-refractivity contribution in [2.24, 2.45) is 5.41 Å². The van der Waals surface area contributed by atoms with Gasteiger partial charge in [-0.25, -0.2) is 8.78 Å². The Balaban J connectivity index is 2.03. The molecule has 1 aromatic carbocycles. The Kier molecular flexibility index (Phi) is 3.99. The number of hydrogen-bond acceptors (Lipinski definition) is 1. The van der Waals surface area contributed by atoms with Crippen molar-refractivity contribution in [3.05, 3.63) is 53.7 Å². The SMILES string of the molecule is CC1(C(C)(C)c2ccnc(-c3ccc(F)cc3F)c2)CCCC1. The van der Waals surface area contributed by atoms with Crippen molar-refractivity contribution in [3.8, 4) is 11.3 Å². The van der Waals surface area contributed by atoms with E-state index in [2.05, 4.69) is 25.8 Å². The van der Waals surface area contributed by atoms with Gasteiger partial charge in [0.05, 0.1) is 5.69 Å². The van der Waals surface area contributed by atoms with Crippen molar-refractivity contribution in [2.45, 2.75) is 51.9 Å². The lowest BCUT2D eigenvalue weighted by atomic mass is 9.62. The molecule has 2 aromatic rings. The van der Waals surface area contributed by atoms with Gasteiger partial charge >= 0.3 is 0 Å². The minimum atomic E-state index is -0.570. The molecule has 0 amide bonds. The van der Waals surface area contributed by atoms with Crippen LogP contribution in [0, 0.1) is 17.0 Å². The van der Waals surface area contributed by atoms with Crippen molar-refractivity contribution in [1.29, 1.82) is 0 Å². The molecule has 3 rings (SSSR count). The highest BCUT2D eigenvalue weighted by Crippen LogP contribution is 2.52. The molecule has 1 aliphatic rings. The second-order valence-corrected chi connectivity index (χ2v) is 7.45. The summed E-state index contributed by atoms with van der Waals surface area (Å²) < 4.78 is 27.2. The highest BCUT2D eigenvalue weighted by molar-refractivity contribution is 5.61. The van der Waals surface area contributed by atoms with Crippen LogP contribution in [-0.2, 0) is 5.41 Å². The van der Waals surface area contributed by atoms with E-state index < -0.39 is 11.6 Å². The maximum absolute atomic E-state index is 14.1. The molecule has 0 bridgehead atoms. The predicted molar refractivity (Wildman–Crippen MR) is 89.2 cm³/mol. The molecular formula is C20H23F2N. The zero-order valence-electron chi connectivity index (χ0n) is 14.0. The first kappa shape index (κ1) is 16.1. The summed E-state index contributed by atoms with van der Waals surface area (Å²) in [6.45, 7) is 6.87. The summed E-state index contributed by atoms with van der Waals surface area (Å²) in [4.78, 5) is 4.30. The van der Waals surface area contributed by atoms with Gasteiger partial charge in [-0.3, -0.25) is 4.98 Å². The van der Waals surface area contributed by atoms with E-state index in [1.54, 1.807) is 6.20 Å². The summed E-state index contributed by atoms with van der Waals surface area (Å²) in [6.07, 6.45) is 6.69. The van der Waals surface area contributed by atoms with Crippen molar-refractivity contribution in [3.63, 3.8) is 0 Å². The lowest BCUT2D eigenvalue weighted by molar-refractivity contribution is 0.178. The van der Waals surface area contributed by atoms with Gasteiger partial charge in [0.25, 0.3) is 0 Å². The summed E-state index contributed by atoms with van der Waals surface area (Å²) in [7, 11) is 0. The summed E-state index contributed by atoms with van der Waals surface area (Å²) >= 11 is 0. The second-order valence-electron chi connectivity index (χ2n) is 7.45. The van der Waals surface area contributed by atoms with Crippen LogP contribution in [-0.4, -0.2) is 4.98 Å². The van der Waals surface area contributed by atoms with Gasteiger partial charge in [0, 0.05) is 17.8 Å². The largest absolute Gasteiger partial charge is 0.256 e. The minimum absolute atomic E-state index is 0.0162. The van der Waals surface area contributed by atoms with E-state index in [0.29, 0.717) is 11.3 Å². The molecule has 0 spiro atoms. The van der Waals surface area contributed by atoms with Gasteiger partial charge < -0.3 is 0 Å². The zero-order valence-corrected chi connectivity index (χ0v) is 14.0. The lowest BCUT2D eigenvalue weighted by Crippen LogP contribution is -2.36. The van der Waals surface area contributed by atoms with Gasteiger partial charge in [-0.2, -0.15) is 0 Å². The average molecular weight is 315 g/mol. The summed E-state index contributed by atoms with van der Waals surface area (Å²) in [6, 6.07) is 7.62. The predicted octanol–water partition coefficient (Wildman–Crippen LogP) is 5.88. The maximum atomic E-state index is 14.1. The molecule has 1 heterocycles. The summed E-state index contributed by atoms with van der Waals surface area (Å²) in [5.74, 6) is -1.14. The van der Waals surface area contributed by atoms with Gasteiger partial charge in [-0.15, -0.1) is 0 Å². The number of halogens is 2. The van der Waals surface area contributed by atoms with E-state index in [9.17, 15) is 8.78 Å². The third-order valence-corrected chi connectivity index (χ3v) is 5.90. The fourth-order valence-corrected chi connectivity index (χ4v) is 3.79. The van der Waals surface area contributed by atoms with Crippen molar-refractivity contribution in [2.75, 3.05) is 0 Å². The molecule has 0 atom stereocenters. The first-order chi connectivity index (χ1) is 10.8. The highest BCUT2D eigenvalue weighted by atomic mass is 19.1. The van der Waals surface area contributed by atoms with E-state index in [0.717, 1.165) is 11.6 Å². The standard InChI is InChI=1S/C20H23F2N/c1-19(2,20(3)9-4-5-10-20)14-8-11-23-18(12-14)16-7-6-15(21)13-17(16)22/h6-8,11-13H,4-5,9-10H2,1-3H3. The van der Waals surface area contributed by atoms with E-state index in [1.807, 2.05) is 12.1 Å². The van der Waals surface area contributed by atoms with E-state index >= 15 is 0 Å². The van der Waals surface area contributed by atoms with Gasteiger partial charge in [-0.1, -0.05) is 33.6 Å². The van der Waals surface area contributed by atoms with Crippen molar-refractivity contribution in [1.82, 2.24) is 4.98 Å². The summed E-state index contributed by atoms with van der Waals surface area (Å²) in [5, 5.41) is 0. The van der Waals surface area contributed by atoms with Crippen LogP contribution in [0.1, 0.15) is 52.0 Å². The molecule has 0 aliphatic heterocycles. The molecular weight excluding hydrogens is 292 g/mol. The van der Waals surface area contributed by atoms with Gasteiger partial charge in [0.15, 0.2) is 0 Å². The number of rotatable bonds is 3. The number of hydrogen-bond donors (Lipinski definition) is 0. The first-order valence-electron chi connectivity index (χ1n) is 8.25. The van der Waals surface area contributed by atoms with Crippen molar-refractivity contribution >= 4 is 0 Å². The molecule has 1 fully saturated rings. The van der Waals surface area contributed by atoms with Crippen LogP contribution in [0.5, 0.6) is 0 Å². The Morgan fingerprint density at radius 1 is 1.04 bits per heavy atom. The molecule has 0 saturated heterocycles. The fourth-order valence-electron chi connectivity index (χ4n) is 3.79. The number of aromatic nitrogens is 1. The molecule has 0 N–H and O–H groups in total. The monoisotopic (exact) mass is 315 g/mol. The third-order valence-electron chi connectivity index (χ3n) is 5.90. The zero-order chi connectivity index (χ0) is 16.7. The first-order valence-corrected chi connectivity index (χ1v) is 8.25. The van der Waals surface area contributed by atoms with Gasteiger partial charge in [0.1, 0.15) is 11.6 Å². The van der Waals surface area contributed by atoms with Crippen LogP contribution in [0.25, 0.3) is 11.3 Å². The van der Waals surface area contributed by atoms with Gasteiger partial charge in [-0.05, 0) is 53.5 Å². The van der Waals surface area contributed by atoms with Crippen LogP contribution >= 0.6 is 0 Å². The summed E-state index contributed by atoms with van der Waals surface area (Å²) in [5.41, 5.74) is 2.30. The topological polar surface area (TPSA) is 12.9 Å². The molecule has 122 valence electrons. The fraction of sp³-hybridized carbons (Fsp3) is 0.450. The molecule has 1 saturated carbocycles. The average Bonchev–Trinajstić information content (AvgIpc) is 2.96. The molecule has 3 heteroatoms. The normalized spacial score (nSPS) is 17.4. The Morgan fingerprint density at radius 3 is 2.39 bits per heavy atom. The number of benzene rings is 1. The quantitative estimate of drug-likeness (QED) is 0.688. The Labute approximate surface area is 136 Å². The minimum Gasteiger partial charge on any atom is -0.256 e. The molecule has 0 radical (unpaired) electrons. The van der Waals surface area contributed by atoms with Crippen LogP contribution < -0.4 is 0 Å².